The van der Waals surface area contributed by atoms with Gasteiger partial charge in [-0.3, -0.25) is 0 Å². The van der Waals surface area contributed by atoms with Crippen LogP contribution in [0.1, 0.15) is 48.6 Å². The highest BCUT2D eigenvalue weighted by atomic mass is 16.5. The van der Waals surface area contributed by atoms with Crippen molar-refractivity contribution >= 4 is 0 Å². The maximum absolute atomic E-state index is 6.43. The molecule has 5 aromatic rings. The van der Waals surface area contributed by atoms with Gasteiger partial charge in [-0.2, -0.15) is 0 Å². The van der Waals surface area contributed by atoms with E-state index in [1.807, 2.05) is 6.07 Å². The quantitative estimate of drug-likeness (QED) is 0.253. The van der Waals surface area contributed by atoms with Crippen molar-refractivity contribution in [3.05, 3.63) is 143 Å². The van der Waals surface area contributed by atoms with Gasteiger partial charge in [0.1, 0.15) is 11.5 Å². The molecule has 2 aliphatic rings. The molecule has 0 amide bonds. The van der Waals surface area contributed by atoms with E-state index < -0.39 is 0 Å². The minimum absolute atomic E-state index is 0.175. The number of rotatable bonds is 2. The summed E-state index contributed by atoms with van der Waals surface area (Å²) in [6.45, 7) is 7.00. The van der Waals surface area contributed by atoms with E-state index in [0.717, 1.165) is 11.5 Å². The maximum atomic E-state index is 6.43. The fourth-order valence-electron chi connectivity index (χ4n) is 6.57. The first-order valence-electron chi connectivity index (χ1n) is 12.7. The Balaban J connectivity index is 1.46. The summed E-state index contributed by atoms with van der Waals surface area (Å²) < 4.78 is 6.43. The zero-order valence-corrected chi connectivity index (χ0v) is 20.9. The molecule has 0 spiro atoms. The number of benzene rings is 5. The Morgan fingerprint density at radius 1 is 0.500 bits per heavy atom. The van der Waals surface area contributed by atoms with Crippen molar-refractivity contribution in [1.29, 1.82) is 0 Å². The van der Waals surface area contributed by atoms with Crippen LogP contribution in [0.25, 0.3) is 22.3 Å². The van der Waals surface area contributed by atoms with Gasteiger partial charge in [-0.05, 0) is 64.1 Å². The van der Waals surface area contributed by atoms with Crippen LogP contribution < -0.4 is 4.74 Å². The molecule has 0 aromatic heterocycles. The van der Waals surface area contributed by atoms with Gasteiger partial charge in [0.05, 0.1) is 0 Å². The van der Waals surface area contributed by atoms with Crippen molar-refractivity contribution in [3.8, 4) is 33.8 Å². The summed E-state index contributed by atoms with van der Waals surface area (Å²) in [5.74, 6) is 1.90. The predicted octanol–water partition coefficient (Wildman–Crippen LogP) is 9.12. The number of hydrogen-bond acceptors (Lipinski definition) is 1. The molecule has 0 N–H and O–H groups in total. The lowest BCUT2D eigenvalue weighted by atomic mass is 9.71. The molecule has 1 atom stereocenters. The second kappa shape index (κ2) is 7.45. The molecule has 5 aromatic carbocycles. The molecule has 1 unspecified atom stereocenters. The van der Waals surface area contributed by atoms with E-state index in [9.17, 15) is 0 Å². The van der Waals surface area contributed by atoms with E-state index in [1.165, 1.54) is 50.1 Å². The first-order valence-corrected chi connectivity index (χ1v) is 12.7. The third-order valence-electron chi connectivity index (χ3n) is 8.41. The molecule has 0 saturated carbocycles. The summed E-state index contributed by atoms with van der Waals surface area (Å²) in [7, 11) is 0. The van der Waals surface area contributed by atoms with E-state index in [4.69, 9.17) is 4.74 Å². The highest BCUT2D eigenvalue weighted by molar-refractivity contribution is 5.86. The summed E-state index contributed by atoms with van der Waals surface area (Å²) in [4.78, 5) is 0. The minimum Gasteiger partial charge on any atom is -0.457 e. The van der Waals surface area contributed by atoms with E-state index >= 15 is 0 Å². The van der Waals surface area contributed by atoms with Crippen LogP contribution in [0.3, 0.4) is 0 Å². The highest BCUT2D eigenvalue weighted by Gasteiger charge is 2.41. The highest BCUT2D eigenvalue weighted by Crippen LogP contribution is 2.55. The van der Waals surface area contributed by atoms with E-state index in [0.29, 0.717) is 0 Å². The lowest BCUT2D eigenvalue weighted by molar-refractivity contribution is 0.419. The average Bonchev–Trinajstić information content (AvgIpc) is 3.18. The summed E-state index contributed by atoms with van der Waals surface area (Å²) in [6.07, 6.45) is 0. The van der Waals surface area contributed by atoms with Crippen molar-refractivity contribution < 1.29 is 4.74 Å². The van der Waals surface area contributed by atoms with Crippen molar-refractivity contribution in [3.63, 3.8) is 0 Å². The Labute approximate surface area is 213 Å². The maximum Gasteiger partial charge on any atom is 0.132 e. The number of hydrogen-bond donors (Lipinski definition) is 0. The molecule has 0 radical (unpaired) electrons. The summed E-state index contributed by atoms with van der Waals surface area (Å²) in [5, 5.41) is 0. The fourth-order valence-corrected chi connectivity index (χ4v) is 6.57. The van der Waals surface area contributed by atoms with Gasteiger partial charge in [0.25, 0.3) is 0 Å². The Morgan fingerprint density at radius 2 is 1.14 bits per heavy atom. The van der Waals surface area contributed by atoms with Crippen LogP contribution in [0, 0.1) is 0 Å². The molecule has 36 heavy (non-hydrogen) atoms. The molecule has 0 fully saturated rings. The molecule has 0 saturated heterocycles. The van der Waals surface area contributed by atoms with Crippen LogP contribution in [0.4, 0.5) is 0 Å². The third kappa shape index (κ3) is 2.77. The molecule has 0 bridgehead atoms. The smallest absolute Gasteiger partial charge is 0.132 e. The van der Waals surface area contributed by atoms with Gasteiger partial charge in [0.2, 0.25) is 0 Å². The van der Waals surface area contributed by atoms with Gasteiger partial charge < -0.3 is 4.74 Å². The number of para-hydroxylation sites is 1. The SMILES string of the molecule is CC1(C)c2ccccc2Oc2cccc(-c3ccc4c(c3)C(C)(c3ccccc3)c3ccccc3-4)c21. The van der Waals surface area contributed by atoms with Crippen LogP contribution in [0.15, 0.2) is 115 Å². The van der Waals surface area contributed by atoms with Gasteiger partial charge >= 0.3 is 0 Å². The lowest BCUT2D eigenvalue weighted by Gasteiger charge is -2.36. The molecule has 7 rings (SSSR count). The molecule has 1 nitrogen and oxygen atoms in total. The lowest BCUT2D eigenvalue weighted by Crippen LogP contribution is -2.25. The second-order valence-corrected chi connectivity index (χ2v) is 10.7. The van der Waals surface area contributed by atoms with E-state index in [2.05, 4.69) is 130 Å². The largest absolute Gasteiger partial charge is 0.457 e. The van der Waals surface area contributed by atoms with Crippen molar-refractivity contribution in [2.75, 3.05) is 0 Å². The monoisotopic (exact) mass is 464 g/mol. The van der Waals surface area contributed by atoms with Gasteiger partial charge in [0, 0.05) is 22.0 Å². The summed E-state index contributed by atoms with van der Waals surface area (Å²) in [6, 6.07) is 41.7. The molecule has 174 valence electrons. The normalized spacial score (nSPS) is 18.4. The topological polar surface area (TPSA) is 9.23 Å². The molecule has 1 heteroatoms. The Kier molecular flexibility index (Phi) is 4.39. The van der Waals surface area contributed by atoms with Gasteiger partial charge in [0.15, 0.2) is 0 Å². The van der Waals surface area contributed by atoms with Crippen LogP contribution in [0.2, 0.25) is 0 Å². The van der Waals surface area contributed by atoms with Gasteiger partial charge in [-0.1, -0.05) is 111 Å². The van der Waals surface area contributed by atoms with E-state index in [1.54, 1.807) is 0 Å². The van der Waals surface area contributed by atoms with Gasteiger partial charge in [-0.25, -0.2) is 0 Å². The fraction of sp³-hybridized carbons (Fsp3) is 0.143. The van der Waals surface area contributed by atoms with E-state index in [-0.39, 0.29) is 10.8 Å². The Hall–Kier alpha value is -4.10. The second-order valence-electron chi connectivity index (χ2n) is 10.7. The van der Waals surface area contributed by atoms with Gasteiger partial charge in [-0.15, -0.1) is 0 Å². The van der Waals surface area contributed by atoms with Crippen LogP contribution >= 0.6 is 0 Å². The van der Waals surface area contributed by atoms with Crippen molar-refractivity contribution in [2.45, 2.75) is 31.6 Å². The Morgan fingerprint density at radius 3 is 1.97 bits per heavy atom. The standard InChI is InChI=1S/C35H28O/c1-34(2)29-17-9-10-18-31(29)36-32-19-11-15-25(33(32)34)23-20-21-27-26-14-7-8-16-28(26)35(3,30(27)22-23)24-12-5-4-6-13-24/h4-22H,1-3H3. The average molecular weight is 465 g/mol. The number of fused-ring (bicyclic) bond motifs is 5. The van der Waals surface area contributed by atoms with Crippen LogP contribution in [0.5, 0.6) is 11.5 Å². The van der Waals surface area contributed by atoms with Crippen LogP contribution in [-0.4, -0.2) is 0 Å². The first-order chi connectivity index (χ1) is 17.5. The summed E-state index contributed by atoms with van der Waals surface area (Å²) in [5.41, 5.74) is 11.3. The van der Waals surface area contributed by atoms with Crippen molar-refractivity contribution in [1.82, 2.24) is 0 Å². The van der Waals surface area contributed by atoms with Crippen molar-refractivity contribution in [2.24, 2.45) is 0 Å². The summed E-state index contributed by atoms with van der Waals surface area (Å²) >= 11 is 0. The third-order valence-corrected chi connectivity index (χ3v) is 8.41. The molecule has 1 heterocycles. The predicted molar refractivity (Wildman–Crippen MR) is 148 cm³/mol. The minimum atomic E-state index is -0.212. The number of ether oxygens (including phenoxy) is 1. The Bertz CT molecular complexity index is 1640. The zero-order valence-electron chi connectivity index (χ0n) is 20.9. The van der Waals surface area contributed by atoms with Crippen LogP contribution in [-0.2, 0) is 10.8 Å². The molecule has 1 aliphatic carbocycles. The molecule has 1 aliphatic heterocycles. The zero-order chi connectivity index (χ0) is 24.5. The first kappa shape index (κ1) is 21.2. The molecular formula is C35H28O. The molecular weight excluding hydrogens is 436 g/mol.